The molecule has 208 valence electrons. The third kappa shape index (κ3) is 4.75. The van der Waals surface area contributed by atoms with Crippen molar-refractivity contribution in [1.29, 1.82) is 5.26 Å². The van der Waals surface area contributed by atoms with Crippen LogP contribution in [0.5, 0.6) is 0 Å². The van der Waals surface area contributed by atoms with E-state index in [0.29, 0.717) is 16.6 Å². The Labute approximate surface area is 233 Å². The Morgan fingerprint density at radius 1 is 1.05 bits per heavy atom. The minimum atomic E-state index is -0.995. The maximum atomic E-state index is 13.3. The number of nitrogens with two attached hydrogens (primary N) is 1. The summed E-state index contributed by atoms with van der Waals surface area (Å²) in [6, 6.07) is 15.9. The van der Waals surface area contributed by atoms with E-state index in [1.807, 2.05) is 27.7 Å². The van der Waals surface area contributed by atoms with Gasteiger partial charge in [-0.2, -0.15) is 5.26 Å². The normalized spacial score (nSPS) is 19.9. The SMILES string of the molecule is COC(=O)C1=C(C(=O)OC)N(c2ccc(B3OC(C)(C)C(C)(C)O3)cc2CO)C(N)=C(C#N)C1c1ccccc1. The van der Waals surface area contributed by atoms with E-state index < -0.39 is 42.8 Å². The second-order valence-electron chi connectivity index (χ2n) is 10.5. The number of carbonyl (C=O) groups excluding carboxylic acids is 2. The van der Waals surface area contributed by atoms with Gasteiger partial charge in [-0.05, 0) is 44.8 Å². The first-order valence-corrected chi connectivity index (χ1v) is 12.7. The summed E-state index contributed by atoms with van der Waals surface area (Å²) in [5.74, 6) is -2.80. The summed E-state index contributed by atoms with van der Waals surface area (Å²) in [5, 5.41) is 20.6. The molecule has 11 heteroatoms. The van der Waals surface area contributed by atoms with Crippen molar-refractivity contribution in [3.8, 4) is 6.07 Å². The van der Waals surface area contributed by atoms with Crippen LogP contribution in [0.3, 0.4) is 0 Å². The molecule has 0 bridgehead atoms. The molecule has 3 N–H and O–H groups in total. The van der Waals surface area contributed by atoms with E-state index in [0.717, 1.165) is 0 Å². The van der Waals surface area contributed by atoms with Crippen LogP contribution in [0, 0.1) is 11.3 Å². The number of rotatable bonds is 6. The lowest BCUT2D eigenvalue weighted by Crippen LogP contribution is -2.41. The first-order chi connectivity index (χ1) is 18.9. The first-order valence-electron chi connectivity index (χ1n) is 12.7. The van der Waals surface area contributed by atoms with Gasteiger partial charge in [-0.25, -0.2) is 9.59 Å². The van der Waals surface area contributed by atoms with Crippen molar-refractivity contribution in [2.24, 2.45) is 5.73 Å². The van der Waals surface area contributed by atoms with Gasteiger partial charge in [0, 0.05) is 5.56 Å². The molecule has 1 atom stereocenters. The minimum absolute atomic E-state index is 0.0261. The summed E-state index contributed by atoms with van der Waals surface area (Å²) in [4.78, 5) is 27.8. The van der Waals surface area contributed by atoms with Gasteiger partial charge in [0.2, 0.25) is 0 Å². The molecule has 10 nitrogen and oxygen atoms in total. The van der Waals surface area contributed by atoms with Gasteiger partial charge in [0.05, 0.1) is 60.8 Å². The molecule has 1 fully saturated rings. The molecule has 0 aliphatic carbocycles. The van der Waals surface area contributed by atoms with E-state index >= 15 is 0 Å². The Bertz CT molecular complexity index is 1430. The second kappa shape index (κ2) is 10.8. The van der Waals surface area contributed by atoms with Crippen LogP contribution in [0.4, 0.5) is 5.69 Å². The lowest BCUT2D eigenvalue weighted by Gasteiger charge is -2.36. The molecular weight excluding hydrogens is 513 g/mol. The predicted octanol–water partition coefficient (Wildman–Crippen LogP) is 2.38. The number of aliphatic hydroxyl groups excluding tert-OH is 1. The highest BCUT2D eigenvalue weighted by Crippen LogP contribution is 2.44. The highest BCUT2D eigenvalue weighted by atomic mass is 16.7. The van der Waals surface area contributed by atoms with Gasteiger partial charge in [0.1, 0.15) is 11.5 Å². The Balaban J connectivity index is 1.95. The smallest absolute Gasteiger partial charge is 0.466 e. The van der Waals surface area contributed by atoms with Crippen molar-refractivity contribution in [3.63, 3.8) is 0 Å². The van der Waals surface area contributed by atoms with Gasteiger partial charge >= 0.3 is 19.1 Å². The lowest BCUT2D eigenvalue weighted by atomic mass is 9.77. The molecule has 40 heavy (non-hydrogen) atoms. The summed E-state index contributed by atoms with van der Waals surface area (Å²) in [5.41, 5.74) is 6.90. The van der Waals surface area contributed by atoms with Crippen molar-refractivity contribution in [3.05, 3.63) is 82.3 Å². The molecule has 2 aromatic rings. The Kier molecular flexibility index (Phi) is 7.81. The second-order valence-corrected chi connectivity index (χ2v) is 10.5. The van der Waals surface area contributed by atoms with Crippen LogP contribution in [-0.2, 0) is 35.0 Å². The number of benzene rings is 2. The van der Waals surface area contributed by atoms with Crippen LogP contribution in [0.1, 0.15) is 44.7 Å². The molecule has 4 rings (SSSR count). The van der Waals surface area contributed by atoms with Gasteiger partial charge in [0.15, 0.2) is 0 Å². The maximum absolute atomic E-state index is 13.3. The van der Waals surface area contributed by atoms with Gasteiger partial charge in [-0.15, -0.1) is 0 Å². The minimum Gasteiger partial charge on any atom is -0.466 e. The number of carbonyl (C=O) groups is 2. The molecule has 1 saturated heterocycles. The van der Waals surface area contributed by atoms with E-state index in [9.17, 15) is 20.0 Å². The molecular formula is C29H32BN3O7. The number of anilines is 1. The van der Waals surface area contributed by atoms with E-state index in [1.165, 1.54) is 19.1 Å². The maximum Gasteiger partial charge on any atom is 0.494 e. The average Bonchev–Trinajstić information content (AvgIpc) is 3.17. The zero-order chi connectivity index (χ0) is 29.4. The number of nitrogens with zero attached hydrogens (tertiary/aromatic N) is 2. The number of methoxy groups -OCH3 is 2. The Morgan fingerprint density at radius 3 is 2.17 bits per heavy atom. The number of allylic oxidation sites excluding steroid dienone is 1. The highest BCUT2D eigenvalue weighted by Gasteiger charge is 2.52. The Morgan fingerprint density at radius 2 is 1.65 bits per heavy atom. The largest absolute Gasteiger partial charge is 0.494 e. The highest BCUT2D eigenvalue weighted by molar-refractivity contribution is 6.62. The van der Waals surface area contributed by atoms with E-state index in [2.05, 4.69) is 6.07 Å². The summed E-state index contributed by atoms with van der Waals surface area (Å²) in [7, 11) is 1.65. The molecule has 2 aliphatic rings. The number of ether oxygens (including phenoxy) is 2. The van der Waals surface area contributed by atoms with Crippen molar-refractivity contribution in [2.75, 3.05) is 19.1 Å². The molecule has 0 saturated carbocycles. The van der Waals surface area contributed by atoms with Crippen molar-refractivity contribution >= 4 is 30.2 Å². The molecule has 1 unspecified atom stereocenters. The van der Waals surface area contributed by atoms with Crippen LogP contribution in [-0.4, -0.2) is 49.6 Å². The summed E-state index contributed by atoms with van der Waals surface area (Å²) in [6.45, 7) is 7.27. The molecule has 0 amide bonds. The van der Waals surface area contributed by atoms with Crippen LogP contribution in [0.15, 0.2) is 71.2 Å². The number of nitriles is 1. The van der Waals surface area contributed by atoms with Gasteiger partial charge in [-0.3, -0.25) is 4.90 Å². The standard InChI is InChI=1S/C29H32BN3O7/c1-28(2)29(3,4)40-30(39-28)19-12-13-21(18(14-19)16-34)33-24(27(36)38-6)23(26(35)37-5)22(20(15-31)25(33)32)17-10-8-7-9-11-17/h7-14,22,34H,16,32H2,1-6H3. The fraction of sp³-hybridized carbons (Fsp3) is 0.345. The van der Waals surface area contributed by atoms with E-state index in [-0.39, 0.29) is 28.4 Å². The average molecular weight is 545 g/mol. The van der Waals surface area contributed by atoms with Gasteiger partial charge < -0.3 is 29.6 Å². The fourth-order valence-corrected chi connectivity index (χ4v) is 4.84. The molecule has 0 radical (unpaired) electrons. The zero-order valence-electron chi connectivity index (χ0n) is 23.3. The lowest BCUT2D eigenvalue weighted by molar-refractivity contribution is -0.139. The fourth-order valence-electron chi connectivity index (χ4n) is 4.84. The van der Waals surface area contributed by atoms with E-state index in [1.54, 1.807) is 48.5 Å². The van der Waals surface area contributed by atoms with Crippen LogP contribution in [0.25, 0.3) is 0 Å². The van der Waals surface area contributed by atoms with Gasteiger partial charge in [-0.1, -0.05) is 42.5 Å². The third-order valence-electron chi connectivity index (χ3n) is 7.65. The summed E-state index contributed by atoms with van der Waals surface area (Å²) >= 11 is 0. The molecule has 0 aromatic heterocycles. The first kappa shape index (κ1) is 28.9. The number of aliphatic hydroxyl groups is 1. The molecule has 2 aromatic carbocycles. The third-order valence-corrected chi connectivity index (χ3v) is 7.65. The molecule has 0 spiro atoms. The van der Waals surface area contributed by atoms with Crippen LogP contribution < -0.4 is 16.1 Å². The molecule has 2 aliphatic heterocycles. The van der Waals surface area contributed by atoms with Crippen LogP contribution >= 0.6 is 0 Å². The number of hydrogen-bond acceptors (Lipinski definition) is 10. The topological polar surface area (TPSA) is 144 Å². The Hall–Kier alpha value is -4.11. The summed E-state index contributed by atoms with van der Waals surface area (Å²) in [6.07, 6.45) is 0. The van der Waals surface area contributed by atoms with Crippen LogP contribution in [0.2, 0.25) is 0 Å². The monoisotopic (exact) mass is 545 g/mol. The van der Waals surface area contributed by atoms with Crippen molar-refractivity contribution in [2.45, 2.75) is 51.4 Å². The zero-order valence-corrected chi connectivity index (χ0v) is 23.3. The van der Waals surface area contributed by atoms with Crippen molar-refractivity contribution in [1.82, 2.24) is 0 Å². The van der Waals surface area contributed by atoms with Crippen molar-refractivity contribution < 1.29 is 33.5 Å². The number of hydrogen-bond donors (Lipinski definition) is 2. The molecule has 2 heterocycles. The summed E-state index contributed by atoms with van der Waals surface area (Å²) < 4.78 is 22.5. The predicted molar refractivity (Wildman–Crippen MR) is 148 cm³/mol. The van der Waals surface area contributed by atoms with Gasteiger partial charge in [0.25, 0.3) is 0 Å². The number of esters is 2. The quantitative estimate of drug-likeness (QED) is 0.410. The van der Waals surface area contributed by atoms with E-state index in [4.69, 9.17) is 24.5 Å².